The second-order valence-electron chi connectivity index (χ2n) is 8.31. The summed E-state index contributed by atoms with van der Waals surface area (Å²) in [6, 6.07) is 2.94. The molecule has 176 valence electrons. The van der Waals surface area contributed by atoms with Crippen molar-refractivity contribution in [1.82, 2.24) is 9.47 Å². The molecule has 0 atom stereocenters. The molecule has 0 bridgehead atoms. The number of rotatable bonds is 8. The van der Waals surface area contributed by atoms with Crippen LogP contribution in [-0.2, 0) is 9.53 Å². The SMILES string of the molecule is CCOC(=O)CCN1CCN(c2cc3c(cc2[N+](=O)[O-])c(=O)c(C(=O)O)cn3C2CC2)CC1. The summed E-state index contributed by atoms with van der Waals surface area (Å²) in [5, 5.41) is 21.3. The molecule has 4 rings (SSSR count). The van der Waals surface area contributed by atoms with Gasteiger partial charge >= 0.3 is 11.9 Å². The van der Waals surface area contributed by atoms with Crippen molar-refractivity contribution in [2.24, 2.45) is 0 Å². The van der Waals surface area contributed by atoms with Crippen LogP contribution in [0.5, 0.6) is 0 Å². The lowest BCUT2D eigenvalue weighted by Gasteiger charge is -2.35. The van der Waals surface area contributed by atoms with Crippen molar-refractivity contribution in [1.29, 1.82) is 0 Å². The maximum absolute atomic E-state index is 12.8. The van der Waals surface area contributed by atoms with Gasteiger partial charge in [0.1, 0.15) is 11.3 Å². The van der Waals surface area contributed by atoms with Crippen LogP contribution in [-0.4, -0.2) is 70.8 Å². The molecule has 2 heterocycles. The van der Waals surface area contributed by atoms with Crippen molar-refractivity contribution in [3.8, 4) is 0 Å². The first-order valence-corrected chi connectivity index (χ1v) is 11.0. The second kappa shape index (κ2) is 9.18. The van der Waals surface area contributed by atoms with Gasteiger partial charge in [0.15, 0.2) is 0 Å². The van der Waals surface area contributed by atoms with E-state index in [1.807, 2.05) is 4.90 Å². The van der Waals surface area contributed by atoms with Gasteiger partial charge in [-0.15, -0.1) is 0 Å². The number of benzene rings is 1. The highest BCUT2D eigenvalue weighted by Gasteiger charge is 2.30. The highest BCUT2D eigenvalue weighted by atomic mass is 16.6. The van der Waals surface area contributed by atoms with Gasteiger partial charge in [-0.05, 0) is 25.8 Å². The number of carbonyl (C=O) groups is 2. The zero-order valence-corrected chi connectivity index (χ0v) is 18.4. The summed E-state index contributed by atoms with van der Waals surface area (Å²) in [6.45, 7) is 4.97. The third kappa shape index (κ3) is 4.68. The number of aromatic nitrogens is 1. The number of hydrogen-bond acceptors (Lipinski definition) is 8. The number of nitrogens with zero attached hydrogens (tertiary/aromatic N) is 4. The maximum Gasteiger partial charge on any atom is 0.341 e. The summed E-state index contributed by atoms with van der Waals surface area (Å²) in [7, 11) is 0. The first-order chi connectivity index (χ1) is 15.8. The molecule has 11 heteroatoms. The van der Waals surface area contributed by atoms with E-state index < -0.39 is 16.3 Å². The van der Waals surface area contributed by atoms with E-state index in [9.17, 15) is 29.6 Å². The molecule has 2 aliphatic rings. The molecular weight excluding hydrogens is 432 g/mol. The predicted molar refractivity (Wildman–Crippen MR) is 120 cm³/mol. The summed E-state index contributed by atoms with van der Waals surface area (Å²) in [4.78, 5) is 51.3. The number of pyridine rings is 1. The number of esters is 1. The summed E-state index contributed by atoms with van der Waals surface area (Å²) in [5.41, 5.74) is -0.392. The van der Waals surface area contributed by atoms with E-state index in [1.54, 1.807) is 17.6 Å². The van der Waals surface area contributed by atoms with Crippen LogP contribution >= 0.6 is 0 Å². The third-order valence-electron chi connectivity index (χ3n) is 6.15. The molecule has 0 amide bonds. The zero-order valence-electron chi connectivity index (χ0n) is 18.4. The topological polar surface area (TPSA) is 135 Å². The number of nitro groups is 1. The lowest BCUT2D eigenvalue weighted by atomic mass is 10.1. The predicted octanol–water partition coefficient (Wildman–Crippen LogP) is 2.02. The normalized spacial score (nSPS) is 16.7. The molecule has 0 radical (unpaired) electrons. The summed E-state index contributed by atoms with van der Waals surface area (Å²) in [6.07, 6.45) is 3.38. The van der Waals surface area contributed by atoms with E-state index in [0.29, 0.717) is 57.0 Å². The lowest BCUT2D eigenvalue weighted by Crippen LogP contribution is -2.47. The Balaban J connectivity index is 1.65. The Morgan fingerprint density at radius 3 is 2.48 bits per heavy atom. The van der Waals surface area contributed by atoms with Crippen LogP contribution in [0, 0.1) is 10.1 Å². The quantitative estimate of drug-likeness (QED) is 0.358. The van der Waals surface area contributed by atoms with Gasteiger partial charge in [-0.2, -0.15) is 0 Å². The number of anilines is 1. The number of carboxylic acids is 1. The van der Waals surface area contributed by atoms with E-state index >= 15 is 0 Å². The van der Waals surface area contributed by atoms with Gasteiger partial charge in [-0.3, -0.25) is 24.6 Å². The fourth-order valence-corrected chi connectivity index (χ4v) is 4.28. The third-order valence-corrected chi connectivity index (χ3v) is 6.15. The molecular formula is C22H26N4O7. The molecule has 33 heavy (non-hydrogen) atoms. The van der Waals surface area contributed by atoms with Gasteiger partial charge in [0.05, 0.1) is 28.9 Å². The largest absolute Gasteiger partial charge is 0.477 e. The minimum atomic E-state index is -1.35. The molecule has 1 aromatic heterocycles. The van der Waals surface area contributed by atoms with Crippen LogP contribution in [0.3, 0.4) is 0 Å². The first-order valence-electron chi connectivity index (χ1n) is 11.0. The van der Waals surface area contributed by atoms with Crippen LogP contribution in [0.25, 0.3) is 10.9 Å². The van der Waals surface area contributed by atoms with Gasteiger partial charge in [0.25, 0.3) is 5.69 Å². The number of aromatic carboxylic acids is 1. The van der Waals surface area contributed by atoms with Gasteiger partial charge in [0, 0.05) is 51.0 Å². The van der Waals surface area contributed by atoms with Crippen molar-refractivity contribution in [2.75, 3.05) is 44.2 Å². The first kappa shape index (κ1) is 22.7. The molecule has 1 aliphatic heterocycles. The van der Waals surface area contributed by atoms with Crippen LogP contribution in [0.15, 0.2) is 23.1 Å². The minimum Gasteiger partial charge on any atom is -0.477 e. The van der Waals surface area contributed by atoms with Crippen LogP contribution in [0.2, 0.25) is 0 Å². The maximum atomic E-state index is 12.8. The van der Waals surface area contributed by atoms with E-state index in [2.05, 4.69) is 4.90 Å². The molecule has 1 saturated heterocycles. The number of fused-ring (bicyclic) bond motifs is 1. The average molecular weight is 458 g/mol. The molecule has 1 aliphatic carbocycles. The summed E-state index contributed by atoms with van der Waals surface area (Å²) >= 11 is 0. The van der Waals surface area contributed by atoms with E-state index in [4.69, 9.17) is 4.74 Å². The fourth-order valence-electron chi connectivity index (χ4n) is 4.28. The fraction of sp³-hybridized carbons (Fsp3) is 0.500. The number of carboxylic acid groups (broad SMARTS) is 1. The van der Waals surface area contributed by atoms with Crippen molar-refractivity contribution in [3.63, 3.8) is 0 Å². The number of hydrogen-bond donors (Lipinski definition) is 1. The standard InChI is InChI=1S/C22H26N4O7/c1-2-33-20(27)5-6-23-7-9-24(10-8-23)18-12-17-15(11-19(18)26(31)32)21(28)16(22(29)30)13-25(17)14-3-4-14/h11-14H,2-10H2,1H3,(H,29,30). The zero-order chi connectivity index (χ0) is 23.7. The van der Waals surface area contributed by atoms with Crippen LogP contribution < -0.4 is 10.3 Å². The Hall–Kier alpha value is -3.47. The minimum absolute atomic E-state index is 0.0466. The number of nitro benzene ring substituents is 1. The van der Waals surface area contributed by atoms with Crippen molar-refractivity contribution in [3.05, 3.63) is 44.2 Å². The van der Waals surface area contributed by atoms with Crippen LogP contribution in [0.4, 0.5) is 11.4 Å². The monoisotopic (exact) mass is 458 g/mol. The van der Waals surface area contributed by atoms with Gasteiger partial charge < -0.3 is 19.3 Å². The Bertz CT molecular complexity index is 1160. The smallest absolute Gasteiger partial charge is 0.341 e. The molecule has 1 N–H and O–H groups in total. The molecule has 1 saturated carbocycles. The molecule has 0 spiro atoms. The molecule has 2 aromatic rings. The molecule has 11 nitrogen and oxygen atoms in total. The van der Waals surface area contributed by atoms with Crippen molar-refractivity contribution >= 4 is 34.2 Å². The molecule has 2 fully saturated rings. The molecule has 1 aromatic carbocycles. The highest BCUT2D eigenvalue weighted by molar-refractivity contribution is 5.95. The molecule has 0 unspecified atom stereocenters. The Morgan fingerprint density at radius 2 is 1.91 bits per heavy atom. The van der Waals surface area contributed by atoms with Crippen LogP contribution in [0.1, 0.15) is 42.6 Å². The number of ether oxygens (including phenoxy) is 1. The van der Waals surface area contributed by atoms with E-state index in [-0.39, 0.29) is 28.6 Å². The van der Waals surface area contributed by atoms with Crippen molar-refractivity contribution < 1.29 is 24.4 Å². The summed E-state index contributed by atoms with van der Waals surface area (Å²) < 4.78 is 6.73. The number of piperazine rings is 1. The summed E-state index contributed by atoms with van der Waals surface area (Å²) in [5.74, 6) is -1.59. The lowest BCUT2D eigenvalue weighted by molar-refractivity contribution is -0.384. The highest BCUT2D eigenvalue weighted by Crippen LogP contribution is 2.39. The Labute approximate surface area is 189 Å². The van der Waals surface area contributed by atoms with Gasteiger partial charge in [-0.1, -0.05) is 0 Å². The van der Waals surface area contributed by atoms with E-state index in [0.717, 1.165) is 12.8 Å². The van der Waals surface area contributed by atoms with Gasteiger partial charge in [0.2, 0.25) is 5.43 Å². The average Bonchev–Trinajstić information content (AvgIpc) is 3.63. The Morgan fingerprint density at radius 1 is 1.21 bits per heavy atom. The van der Waals surface area contributed by atoms with Crippen molar-refractivity contribution in [2.45, 2.75) is 32.2 Å². The Kier molecular flexibility index (Phi) is 6.32. The van der Waals surface area contributed by atoms with Gasteiger partial charge in [-0.25, -0.2) is 4.79 Å². The number of carbonyl (C=O) groups excluding carboxylic acids is 1. The van der Waals surface area contributed by atoms with E-state index in [1.165, 1.54) is 12.3 Å². The second-order valence-corrected chi connectivity index (χ2v) is 8.31.